The molecule has 1 saturated heterocycles. The summed E-state index contributed by atoms with van der Waals surface area (Å²) in [5.41, 5.74) is 0.932. The van der Waals surface area contributed by atoms with Crippen molar-refractivity contribution in [3.05, 3.63) is 17.8 Å². The number of aromatic nitrogens is 2. The number of nitrogens with one attached hydrogen (secondary N) is 1. The zero-order valence-electron chi connectivity index (χ0n) is 14.6. The third-order valence-electron chi connectivity index (χ3n) is 5.86. The van der Waals surface area contributed by atoms with Gasteiger partial charge in [0.2, 0.25) is 5.91 Å². The third kappa shape index (κ3) is 3.87. The van der Waals surface area contributed by atoms with Crippen molar-refractivity contribution in [2.75, 3.05) is 18.4 Å². The standard InChI is InChI=1S/C19H28N4O/c1-13-2-7-18(22-21-13)20-16-8-10-23(11-9-16)19(24)12-17(14-3-4-14)15-5-6-15/h2,7,14-17H,3-6,8-12H2,1H3,(H,20,22). The van der Waals surface area contributed by atoms with E-state index in [1.54, 1.807) is 0 Å². The van der Waals surface area contributed by atoms with Gasteiger partial charge in [-0.25, -0.2) is 0 Å². The van der Waals surface area contributed by atoms with Crippen LogP contribution in [0.2, 0.25) is 0 Å². The van der Waals surface area contributed by atoms with Gasteiger partial charge in [0.1, 0.15) is 5.82 Å². The van der Waals surface area contributed by atoms with Crippen molar-refractivity contribution in [2.24, 2.45) is 17.8 Å². The number of aryl methyl sites for hydroxylation is 1. The summed E-state index contributed by atoms with van der Waals surface area (Å²) in [7, 11) is 0. The molecule has 130 valence electrons. The molecule has 1 amide bonds. The van der Waals surface area contributed by atoms with Gasteiger partial charge in [0.15, 0.2) is 0 Å². The first-order chi connectivity index (χ1) is 11.7. The molecule has 2 saturated carbocycles. The van der Waals surface area contributed by atoms with Crippen LogP contribution >= 0.6 is 0 Å². The number of amides is 1. The lowest BCUT2D eigenvalue weighted by Gasteiger charge is -2.33. The number of anilines is 1. The molecule has 0 radical (unpaired) electrons. The molecule has 5 heteroatoms. The summed E-state index contributed by atoms with van der Waals surface area (Å²) in [5, 5.41) is 11.7. The van der Waals surface area contributed by atoms with Gasteiger partial charge in [-0.3, -0.25) is 4.79 Å². The lowest BCUT2D eigenvalue weighted by atomic mass is 9.93. The number of carbonyl (C=O) groups excluding carboxylic acids is 1. The van der Waals surface area contributed by atoms with Crippen LogP contribution in [0.1, 0.15) is 50.6 Å². The topological polar surface area (TPSA) is 58.1 Å². The van der Waals surface area contributed by atoms with E-state index in [0.29, 0.717) is 17.9 Å². The minimum atomic E-state index is 0.396. The summed E-state index contributed by atoms with van der Waals surface area (Å²) in [6, 6.07) is 4.35. The molecule has 1 aromatic rings. The van der Waals surface area contributed by atoms with Crippen LogP contribution in [0.15, 0.2) is 12.1 Å². The summed E-state index contributed by atoms with van der Waals surface area (Å²) < 4.78 is 0. The van der Waals surface area contributed by atoms with Crippen LogP contribution in [0.3, 0.4) is 0 Å². The van der Waals surface area contributed by atoms with Crippen molar-refractivity contribution in [3.63, 3.8) is 0 Å². The maximum absolute atomic E-state index is 12.7. The van der Waals surface area contributed by atoms with Gasteiger partial charge in [-0.1, -0.05) is 0 Å². The lowest BCUT2D eigenvalue weighted by molar-refractivity contribution is -0.133. The van der Waals surface area contributed by atoms with Crippen LogP contribution in [0.25, 0.3) is 0 Å². The van der Waals surface area contributed by atoms with Crippen molar-refractivity contribution in [2.45, 2.75) is 57.9 Å². The van der Waals surface area contributed by atoms with Crippen LogP contribution < -0.4 is 5.32 Å². The molecule has 0 unspecified atom stereocenters. The zero-order valence-corrected chi connectivity index (χ0v) is 14.6. The summed E-state index contributed by atoms with van der Waals surface area (Å²) in [6.45, 7) is 3.69. The molecule has 1 aliphatic heterocycles. The zero-order chi connectivity index (χ0) is 16.5. The van der Waals surface area contributed by atoms with Gasteiger partial charge >= 0.3 is 0 Å². The molecule has 2 heterocycles. The maximum atomic E-state index is 12.7. The first-order valence-electron chi connectivity index (χ1n) is 9.53. The monoisotopic (exact) mass is 328 g/mol. The van der Waals surface area contributed by atoms with Crippen molar-refractivity contribution >= 4 is 11.7 Å². The molecule has 2 aliphatic carbocycles. The number of hydrogen-bond acceptors (Lipinski definition) is 4. The number of nitrogens with zero attached hydrogens (tertiary/aromatic N) is 3. The lowest BCUT2D eigenvalue weighted by Crippen LogP contribution is -2.43. The van der Waals surface area contributed by atoms with Crippen molar-refractivity contribution in [1.29, 1.82) is 0 Å². The minimum Gasteiger partial charge on any atom is -0.366 e. The van der Waals surface area contributed by atoms with Crippen molar-refractivity contribution < 1.29 is 4.79 Å². The largest absolute Gasteiger partial charge is 0.366 e. The van der Waals surface area contributed by atoms with Crippen LogP contribution in [0, 0.1) is 24.7 Å². The van der Waals surface area contributed by atoms with Gasteiger partial charge in [-0.15, -0.1) is 5.10 Å². The Morgan fingerprint density at radius 1 is 1.12 bits per heavy atom. The third-order valence-corrected chi connectivity index (χ3v) is 5.86. The van der Waals surface area contributed by atoms with Gasteiger partial charge in [0.05, 0.1) is 5.69 Å². The average molecular weight is 328 g/mol. The van der Waals surface area contributed by atoms with E-state index < -0.39 is 0 Å². The molecule has 1 N–H and O–H groups in total. The van der Waals surface area contributed by atoms with Crippen molar-refractivity contribution in [3.8, 4) is 0 Å². The number of carbonyl (C=O) groups is 1. The molecule has 24 heavy (non-hydrogen) atoms. The van der Waals surface area contributed by atoms with Gasteiger partial charge in [0, 0.05) is 25.6 Å². The van der Waals surface area contributed by atoms with E-state index in [4.69, 9.17) is 0 Å². The Labute approximate surface area is 144 Å². The van der Waals surface area contributed by atoms with E-state index in [2.05, 4.69) is 20.4 Å². The molecule has 1 aromatic heterocycles. The van der Waals surface area contributed by atoms with E-state index in [9.17, 15) is 4.79 Å². The summed E-state index contributed by atoms with van der Waals surface area (Å²) in [5.74, 6) is 3.65. The summed E-state index contributed by atoms with van der Waals surface area (Å²) in [4.78, 5) is 14.8. The van der Waals surface area contributed by atoms with E-state index in [1.807, 2.05) is 19.1 Å². The molecule has 5 nitrogen and oxygen atoms in total. The molecule has 4 rings (SSSR count). The van der Waals surface area contributed by atoms with Crippen LogP contribution in [0.4, 0.5) is 5.82 Å². The Morgan fingerprint density at radius 2 is 1.79 bits per heavy atom. The SMILES string of the molecule is Cc1ccc(NC2CCN(C(=O)CC(C3CC3)C3CC3)CC2)nn1. The van der Waals surface area contributed by atoms with Crippen LogP contribution in [0.5, 0.6) is 0 Å². The van der Waals surface area contributed by atoms with Crippen LogP contribution in [-0.2, 0) is 4.79 Å². The Kier molecular flexibility index (Phi) is 4.42. The first-order valence-corrected chi connectivity index (χ1v) is 9.53. The van der Waals surface area contributed by atoms with Gasteiger partial charge < -0.3 is 10.2 Å². The Bertz CT molecular complexity index is 560. The van der Waals surface area contributed by atoms with E-state index >= 15 is 0 Å². The van der Waals surface area contributed by atoms with E-state index in [1.165, 1.54) is 25.7 Å². The van der Waals surface area contributed by atoms with E-state index in [0.717, 1.165) is 55.7 Å². The van der Waals surface area contributed by atoms with E-state index in [-0.39, 0.29) is 0 Å². The predicted molar refractivity (Wildman–Crippen MR) is 93.5 cm³/mol. The Hall–Kier alpha value is -1.65. The Balaban J connectivity index is 1.24. The van der Waals surface area contributed by atoms with Crippen LogP contribution in [-0.4, -0.2) is 40.1 Å². The summed E-state index contributed by atoms with van der Waals surface area (Å²) in [6.07, 6.45) is 8.24. The predicted octanol–water partition coefficient (Wildman–Crippen LogP) is 3.01. The smallest absolute Gasteiger partial charge is 0.222 e. The fraction of sp³-hybridized carbons (Fsp3) is 0.737. The molecule has 0 bridgehead atoms. The fourth-order valence-electron chi connectivity index (χ4n) is 4.06. The molecule has 0 atom stereocenters. The molecule has 3 aliphatic rings. The average Bonchev–Trinajstić information content (AvgIpc) is 3.48. The molecule has 0 aromatic carbocycles. The van der Waals surface area contributed by atoms with Crippen molar-refractivity contribution in [1.82, 2.24) is 15.1 Å². The number of likely N-dealkylation sites (tertiary alicyclic amines) is 1. The second-order valence-electron chi connectivity index (χ2n) is 7.90. The highest BCUT2D eigenvalue weighted by molar-refractivity contribution is 5.76. The molecular formula is C19H28N4O. The highest BCUT2D eigenvalue weighted by Crippen LogP contribution is 2.50. The normalized spacial score (nSPS) is 22.0. The number of hydrogen-bond donors (Lipinski definition) is 1. The van der Waals surface area contributed by atoms with Gasteiger partial charge in [-0.2, -0.15) is 5.10 Å². The second-order valence-corrected chi connectivity index (χ2v) is 7.90. The minimum absolute atomic E-state index is 0.396. The van der Waals surface area contributed by atoms with Gasteiger partial charge in [0.25, 0.3) is 0 Å². The quantitative estimate of drug-likeness (QED) is 0.872. The molecule has 0 spiro atoms. The molecule has 3 fully saturated rings. The number of piperidine rings is 1. The maximum Gasteiger partial charge on any atom is 0.222 e. The fourth-order valence-corrected chi connectivity index (χ4v) is 4.06. The number of rotatable bonds is 6. The Morgan fingerprint density at radius 3 is 2.33 bits per heavy atom. The highest BCUT2D eigenvalue weighted by atomic mass is 16.2. The molecular weight excluding hydrogens is 300 g/mol. The first kappa shape index (κ1) is 15.9. The second kappa shape index (κ2) is 6.69. The highest BCUT2D eigenvalue weighted by Gasteiger charge is 2.42. The summed E-state index contributed by atoms with van der Waals surface area (Å²) >= 11 is 0. The van der Waals surface area contributed by atoms with Gasteiger partial charge in [-0.05, 0) is 75.3 Å².